The van der Waals surface area contributed by atoms with Gasteiger partial charge in [0.25, 0.3) is 5.91 Å². The smallest absolute Gasteiger partial charge is 0.272 e. The van der Waals surface area contributed by atoms with E-state index in [4.69, 9.17) is 4.52 Å². The second kappa shape index (κ2) is 7.14. The Bertz CT molecular complexity index is 675. The predicted octanol–water partition coefficient (Wildman–Crippen LogP) is 1.44. The average Bonchev–Trinajstić information content (AvgIpc) is 3.05. The topological polar surface area (TPSA) is 95.8 Å². The SMILES string of the molecule is Cc1noc(C)c1CC(C)NC(=O)c1n[nH]c2c1CNCC2.Cl. The molecule has 1 unspecified atom stereocenters. The van der Waals surface area contributed by atoms with Crippen LogP contribution in [0, 0.1) is 13.8 Å². The summed E-state index contributed by atoms with van der Waals surface area (Å²) in [5.74, 6) is 0.667. The number of H-pyrrole nitrogens is 1. The fraction of sp³-hybridized carbons (Fsp3) is 0.533. The highest BCUT2D eigenvalue weighted by Gasteiger charge is 2.23. The number of fused-ring (bicyclic) bond motifs is 1. The number of halogens is 1. The number of rotatable bonds is 4. The number of nitrogens with zero attached hydrogens (tertiary/aromatic N) is 2. The summed E-state index contributed by atoms with van der Waals surface area (Å²) in [6, 6.07) is -0.0202. The number of carbonyl (C=O) groups excluding carboxylic acids is 1. The van der Waals surface area contributed by atoms with E-state index in [1.807, 2.05) is 20.8 Å². The van der Waals surface area contributed by atoms with Gasteiger partial charge in [-0.3, -0.25) is 9.89 Å². The Morgan fingerprint density at radius 2 is 2.22 bits per heavy atom. The van der Waals surface area contributed by atoms with Crippen LogP contribution in [-0.2, 0) is 19.4 Å². The molecule has 0 bridgehead atoms. The van der Waals surface area contributed by atoms with E-state index >= 15 is 0 Å². The van der Waals surface area contributed by atoms with Gasteiger partial charge in [0.15, 0.2) is 5.69 Å². The molecular weight excluding hydrogens is 318 g/mol. The number of hydrogen-bond donors (Lipinski definition) is 3. The van der Waals surface area contributed by atoms with Gasteiger partial charge in [0.1, 0.15) is 5.76 Å². The molecule has 0 saturated carbocycles. The minimum Gasteiger partial charge on any atom is -0.361 e. The van der Waals surface area contributed by atoms with E-state index in [-0.39, 0.29) is 24.4 Å². The number of carbonyl (C=O) groups is 1. The lowest BCUT2D eigenvalue weighted by molar-refractivity contribution is 0.0933. The molecule has 0 radical (unpaired) electrons. The largest absolute Gasteiger partial charge is 0.361 e. The first kappa shape index (κ1) is 17.5. The normalized spacial score (nSPS) is 14.7. The molecule has 0 fully saturated rings. The van der Waals surface area contributed by atoms with Crippen LogP contribution in [0.5, 0.6) is 0 Å². The second-order valence-electron chi connectivity index (χ2n) is 5.84. The van der Waals surface area contributed by atoms with Crippen LogP contribution >= 0.6 is 12.4 Å². The number of aromatic amines is 1. The minimum absolute atomic E-state index is 0. The molecule has 1 atom stereocenters. The Hall–Kier alpha value is -1.86. The Morgan fingerprint density at radius 3 is 2.91 bits per heavy atom. The summed E-state index contributed by atoms with van der Waals surface area (Å²) in [4.78, 5) is 12.4. The molecule has 0 aromatic carbocycles. The summed E-state index contributed by atoms with van der Waals surface area (Å²) in [7, 11) is 0. The third-order valence-electron chi connectivity index (χ3n) is 4.09. The summed E-state index contributed by atoms with van der Waals surface area (Å²) in [5.41, 5.74) is 4.46. The van der Waals surface area contributed by atoms with Crippen molar-refractivity contribution in [1.82, 2.24) is 26.0 Å². The minimum atomic E-state index is -0.138. The number of hydrogen-bond acceptors (Lipinski definition) is 5. The number of aromatic nitrogens is 3. The summed E-state index contributed by atoms with van der Waals surface area (Å²) < 4.78 is 5.16. The monoisotopic (exact) mass is 339 g/mol. The highest BCUT2D eigenvalue weighted by Crippen LogP contribution is 2.17. The molecule has 7 nitrogen and oxygen atoms in total. The van der Waals surface area contributed by atoms with Gasteiger partial charge in [0, 0.05) is 42.4 Å². The molecular formula is C15H22ClN5O2. The van der Waals surface area contributed by atoms with Crippen LogP contribution in [0.1, 0.15) is 45.7 Å². The van der Waals surface area contributed by atoms with E-state index in [9.17, 15) is 4.79 Å². The Kier molecular flexibility index (Phi) is 5.43. The van der Waals surface area contributed by atoms with Crippen molar-refractivity contribution in [2.45, 2.75) is 46.2 Å². The van der Waals surface area contributed by atoms with E-state index in [1.165, 1.54) is 0 Å². The molecule has 1 aliphatic rings. The third-order valence-corrected chi connectivity index (χ3v) is 4.09. The first-order valence-corrected chi connectivity index (χ1v) is 7.55. The first-order chi connectivity index (χ1) is 10.6. The Labute approximate surface area is 141 Å². The lowest BCUT2D eigenvalue weighted by Gasteiger charge is -2.15. The Balaban J connectivity index is 0.00000192. The van der Waals surface area contributed by atoms with Gasteiger partial charge in [-0.2, -0.15) is 5.10 Å². The quantitative estimate of drug-likeness (QED) is 0.783. The summed E-state index contributed by atoms with van der Waals surface area (Å²) in [6.07, 6.45) is 1.57. The van der Waals surface area contributed by atoms with Crippen LogP contribution in [0.15, 0.2) is 4.52 Å². The molecule has 3 rings (SSSR count). The molecule has 23 heavy (non-hydrogen) atoms. The van der Waals surface area contributed by atoms with Gasteiger partial charge in [0.2, 0.25) is 0 Å². The van der Waals surface area contributed by atoms with E-state index in [2.05, 4.69) is 26.0 Å². The van der Waals surface area contributed by atoms with Gasteiger partial charge in [-0.15, -0.1) is 12.4 Å². The fourth-order valence-corrected chi connectivity index (χ4v) is 2.86. The standard InChI is InChI=1S/C15H21N5O2.ClH/c1-8(6-11-9(2)20-22-10(11)3)17-15(21)14-12-7-16-5-4-13(12)18-19-14;/h8,16H,4-7H2,1-3H3,(H,17,21)(H,18,19);1H. The van der Waals surface area contributed by atoms with Crippen LogP contribution in [0.3, 0.4) is 0 Å². The molecule has 1 amide bonds. The van der Waals surface area contributed by atoms with Crippen molar-refractivity contribution in [2.24, 2.45) is 0 Å². The van der Waals surface area contributed by atoms with Crippen LogP contribution in [0.4, 0.5) is 0 Å². The van der Waals surface area contributed by atoms with Crippen molar-refractivity contribution in [3.8, 4) is 0 Å². The maximum absolute atomic E-state index is 12.4. The third kappa shape index (κ3) is 3.56. The van der Waals surface area contributed by atoms with Crippen molar-refractivity contribution < 1.29 is 9.32 Å². The highest BCUT2D eigenvalue weighted by molar-refractivity contribution is 5.94. The van der Waals surface area contributed by atoms with Crippen molar-refractivity contribution in [3.63, 3.8) is 0 Å². The highest BCUT2D eigenvalue weighted by atomic mass is 35.5. The molecule has 2 aromatic rings. The lowest BCUT2D eigenvalue weighted by atomic mass is 10.0. The van der Waals surface area contributed by atoms with Crippen molar-refractivity contribution in [3.05, 3.63) is 34.0 Å². The van der Waals surface area contributed by atoms with E-state index in [1.54, 1.807) is 0 Å². The first-order valence-electron chi connectivity index (χ1n) is 7.55. The van der Waals surface area contributed by atoms with Crippen molar-refractivity contribution in [1.29, 1.82) is 0 Å². The predicted molar refractivity (Wildman–Crippen MR) is 87.9 cm³/mol. The zero-order chi connectivity index (χ0) is 15.7. The van der Waals surface area contributed by atoms with Gasteiger partial charge in [-0.1, -0.05) is 5.16 Å². The van der Waals surface area contributed by atoms with Crippen LogP contribution in [0.25, 0.3) is 0 Å². The Morgan fingerprint density at radius 1 is 1.43 bits per heavy atom. The van der Waals surface area contributed by atoms with Crippen molar-refractivity contribution >= 4 is 18.3 Å². The van der Waals surface area contributed by atoms with Gasteiger partial charge >= 0.3 is 0 Å². The van der Waals surface area contributed by atoms with Crippen LogP contribution in [-0.4, -0.2) is 33.8 Å². The molecule has 0 aliphatic carbocycles. The lowest BCUT2D eigenvalue weighted by Crippen LogP contribution is -2.35. The number of aryl methyl sites for hydroxylation is 2. The van der Waals surface area contributed by atoms with Crippen molar-refractivity contribution in [2.75, 3.05) is 6.54 Å². The summed E-state index contributed by atoms with van der Waals surface area (Å²) in [5, 5.41) is 17.4. The fourth-order valence-electron chi connectivity index (χ4n) is 2.86. The summed E-state index contributed by atoms with van der Waals surface area (Å²) in [6.45, 7) is 7.38. The van der Waals surface area contributed by atoms with Gasteiger partial charge in [-0.25, -0.2) is 0 Å². The summed E-state index contributed by atoms with van der Waals surface area (Å²) >= 11 is 0. The molecule has 1 aliphatic heterocycles. The number of amides is 1. The average molecular weight is 340 g/mol. The molecule has 0 spiro atoms. The van der Waals surface area contributed by atoms with Gasteiger partial charge in [0.05, 0.1) is 5.69 Å². The molecule has 3 heterocycles. The molecule has 0 saturated heterocycles. The number of nitrogens with one attached hydrogen (secondary N) is 3. The molecule has 2 aromatic heterocycles. The zero-order valence-corrected chi connectivity index (χ0v) is 14.3. The van der Waals surface area contributed by atoms with Gasteiger partial charge in [-0.05, 0) is 27.2 Å². The van der Waals surface area contributed by atoms with Crippen LogP contribution < -0.4 is 10.6 Å². The van der Waals surface area contributed by atoms with E-state index < -0.39 is 0 Å². The van der Waals surface area contributed by atoms with E-state index in [0.29, 0.717) is 18.7 Å². The second-order valence-corrected chi connectivity index (χ2v) is 5.84. The maximum Gasteiger partial charge on any atom is 0.272 e. The van der Waals surface area contributed by atoms with Gasteiger partial charge < -0.3 is 15.2 Å². The van der Waals surface area contributed by atoms with E-state index in [0.717, 1.165) is 41.2 Å². The molecule has 126 valence electrons. The zero-order valence-electron chi connectivity index (χ0n) is 13.5. The molecule has 8 heteroatoms. The van der Waals surface area contributed by atoms with Crippen LogP contribution in [0.2, 0.25) is 0 Å². The maximum atomic E-state index is 12.4. The molecule has 3 N–H and O–H groups in total.